The minimum atomic E-state index is -4.51. The number of nitrogens with zero attached hydrogens (tertiary/aromatic N) is 2. The van der Waals surface area contributed by atoms with Crippen LogP contribution in [0, 0.1) is 11.3 Å². The Morgan fingerprint density at radius 2 is 1.95 bits per heavy atom. The summed E-state index contributed by atoms with van der Waals surface area (Å²) in [6, 6.07) is 5.68. The molecule has 0 bridgehead atoms. The van der Waals surface area contributed by atoms with E-state index in [0.717, 1.165) is 18.9 Å². The summed E-state index contributed by atoms with van der Waals surface area (Å²) in [5.74, 6) is 0. The maximum Gasteiger partial charge on any atom is 0.417 e. The molecule has 1 rings (SSSR count). The average Bonchev–Trinajstić information content (AvgIpc) is 2.38. The number of benzene rings is 1. The summed E-state index contributed by atoms with van der Waals surface area (Å²) in [5.41, 5.74) is -0.681. The van der Waals surface area contributed by atoms with E-state index >= 15 is 0 Å². The number of hydrogen-bond acceptors (Lipinski definition) is 2. The van der Waals surface area contributed by atoms with Gasteiger partial charge in [0.25, 0.3) is 0 Å². The summed E-state index contributed by atoms with van der Waals surface area (Å²) in [7, 11) is 0. The van der Waals surface area contributed by atoms with E-state index in [1.54, 1.807) is 12.1 Å². The predicted molar refractivity (Wildman–Crippen MR) is 73.5 cm³/mol. The Morgan fingerprint density at radius 1 is 1.30 bits per heavy atom. The monoisotopic (exact) mass is 284 g/mol. The Bertz CT molecular complexity index is 489. The van der Waals surface area contributed by atoms with Crippen molar-refractivity contribution in [3.05, 3.63) is 29.3 Å². The van der Waals surface area contributed by atoms with E-state index < -0.39 is 11.7 Å². The summed E-state index contributed by atoms with van der Waals surface area (Å²) >= 11 is 0. The lowest BCUT2D eigenvalue weighted by atomic mass is 10.0. The van der Waals surface area contributed by atoms with E-state index in [2.05, 4.69) is 0 Å². The van der Waals surface area contributed by atoms with Crippen LogP contribution < -0.4 is 4.90 Å². The molecular weight excluding hydrogens is 265 g/mol. The van der Waals surface area contributed by atoms with Gasteiger partial charge in [-0.25, -0.2) is 0 Å². The molecule has 0 aliphatic heterocycles. The fourth-order valence-electron chi connectivity index (χ4n) is 2.37. The van der Waals surface area contributed by atoms with Crippen LogP contribution in [0.2, 0.25) is 0 Å². The standard InChI is InChI=1S/C15H19F3N2/c1-4-6-11(3)20(5-2)13-8-7-12(10-19)14(9-13)15(16,17)18/h7-9,11H,4-6H2,1-3H3. The molecule has 1 aromatic carbocycles. The lowest BCUT2D eigenvalue weighted by molar-refractivity contribution is -0.137. The highest BCUT2D eigenvalue weighted by Gasteiger charge is 2.34. The zero-order chi connectivity index (χ0) is 15.3. The Morgan fingerprint density at radius 3 is 2.40 bits per heavy atom. The van der Waals surface area contributed by atoms with Gasteiger partial charge in [-0.3, -0.25) is 0 Å². The van der Waals surface area contributed by atoms with Gasteiger partial charge in [-0.15, -0.1) is 0 Å². The van der Waals surface area contributed by atoms with Gasteiger partial charge < -0.3 is 4.90 Å². The Kier molecular flexibility index (Phi) is 5.43. The van der Waals surface area contributed by atoms with Crippen molar-refractivity contribution in [3.8, 4) is 6.07 Å². The molecule has 0 aliphatic carbocycles. The quantitative estimate of drug-likeness (QED) is 0.790. The summed E-state index contributed by atoms with van der Waals surface area (Å²) in [6.45, 7) is 6.59. The molecule has 0 aromatic heterocycles. The number of nitriles is 1. The van der Waals surface area contributed by atoms with Gasteiger partial charge in [0.15, 0.2) is 0 Å². The number of hydrogen-bond donors (Lipinski definition) is 0. The summed E-state index contributed by atoms with van der Waals surface area (Å²) in [6.07, 6.45) is -2.62. The maximum absolute atomic E-state index is 13.0. The minimum absolute atomic E-state index is 0.166. The second-order valence-electron chi connectivity index (χ2n) is 4.76. The first-order valence-corrected chi connectivity index (χ1v) is 6.73. The highest BCUT2D eigenvalue weighted by Crippen LogP contribution is 2.35. The van der Waals surface area contributed by atoms with Gasteiger partial charge in [0.1, 0.15) is 0 Å². The molecule has 0 fully saturated rings. The van der Waals surface area contributed by atoms with Crippen LogP contribution in [0.5, 0.6) is 0 Å². The van der Waals surface area contributed by atoms with Crippen molar-refractivity contribution >= 4 is 5.69 Å². The van der Waals surface area contributed by atoms with E-state index in [9.17, 15) is 13.2 Å². The summed E-state index contributed by atoms with van der Waals surface area (Å²) < 4.78 is 38.9. The van der Waals surface area contributed by atoms with Crippen LogP contribution >= 0.6 is 0 Å². The molecule has 110 valence electrons. The molecule has 0 amide bonds. The van der Waals surface area contributed by atoms with Gasteiger partial charge in [0.05, 0.1) is 17.2 Å². The third-order valence-corrected chi connectivity index (χ3v) is 3.34. The number of alkyl halides is 3. The first-order chi connectivity index (χ1) is 9.35. The minimum Gasteiger partial charge on any atom is -0.369 e. The van der Waals surface area contributed by atoms with Gasteiger partial charge in [-0.2, -0.15) is 18.4 Å². The van der Waals surface area contributed by atoms with Crippen molar-refractivity contribution in [2.75, 3.05) is 11.4 Å². The summed E-state index contributed by atoms with van der Waals surface area (Å²) in [4.78, 5) is 1.93. The largest absolute Gasteiger partial charge is 0.417 e. The van der Waals surface area contributed by atoms with Crippen molar-refractivity contribution in [1.82, 2.24) is 0 Å². The highest BCUT2D eigenvalue weighted by atomic mass is 19.4. The van der Waals surface area contributed by atoms with E-state index in [-0.39, 0.29) is 11.6 Å². The predicted octanol–water partition coefficient (Wildman–Crippen LogP) is 4.59. The maximum atomic E-state index is 13.0. The molecule has 0 aliphatic rings. The molecule has 5 heteroatoms. The van der Waals surface area contributed by atoms with Crippen LogP contribution in [0.15, 0.2) is 18.2 Å². The molecular formula is C15H19F3N2. The third-order valence-electron chi connectivity index (χ3n) is 3.34. The van der Waals surface area contributed by atoms with Gasteiger partial charge in [0, 0.05) is 18.3 Å². The molecule has 1 aromatic rings. The van der Waals surface area contributed by atoms with E-state index in [0.29, 0.717) is 12.2 Å². The Labute approximate surface area is 117 Å². The number of halogens is 3. The zero-order valence-corrected chi connectivity index (χ0v) is 12.0. The molecule has 0 heterocycles. The lowest BCUT2D eigenvalue weighted by Gasteiger charge is -2.30. The van der Waals surface area contributed by atoms with Crippen molar-refractivity contribution in [2.45, 2.75) is 45.8 Å². The molecule has 0 saturated heterocycles. The second-order valence-corrected chi connectivity index (χ2v) is 4.76. The van der Waals surface area contributed by atoms with E-state index in [1.807, 2.05) is 25.7 Å². The Hall–Kier alpha value is -1.70. The Balaban J connectivity index is 3.23. The molecule has 0 radical (unpaired) electrons. The SMILES string of the molecule is CCCC(C)N(CC)c1ccc(C#N)c(C(F)(F)F)c1. The van der Waals surface area contributed by atoms with Crippen molar-refractivity contribution in [2.24, 2.45) is 0 Å². The lowest BCUT2D eigenvalue weighted by Crippen LogP contribution is -2.33. The van der Waals surface area contributed by atoms with E-state index in [1.165, 1.54) is 6.07 Å². The van der Waals surface area contributed by atoms with Gasteiger partial charge >= 0.3 is 6.18 Å². The number of anilines is 1. The smallest absolute Gasteiger partial charge is 0.369 e. The molecule has 2 nitrogen and oxygen atoms in total. The van der Waals surface area contributed by atoms with Crippen LogP contribution in [0.3, 0.4) is 0 Å². The normalized spacial score (nSPS) is 12.8. The third kappa shape index (κ3) is 3.66. The molecule has 20 heavy (non-hydrogen) atoms. The molecule has 1 unspecified atom stereocenters. The van der Waals surface area contributed by atoms with E-state index in [4.69, 9.17) is 5.26 Å². The summed E-state index contributed by atoms with van der Waals surface area (Å²) in [5, 5.41) is 8.80. The van der Waals surface area contributed by atoms with Crippen molar-refractivity contribution in [3.63, 3.8) is 0 Å². The molecule has 0 saturated carbocycles. The zero-order valence-electron chi connectivity index (χ0n) is 12.0. The van der Waals surface area contributed by atoms with Crippen LogP contribution in [0.4, 0.5) is 18.9 Å². The van der Waals surface area contributed by atoms with Gasteiger partial charge in [-0.1, -0.05) is 13.3 Å². The van der Waals surface area contributed by atoms with Crippen molar-refractivity contribution in [1.29, 1.82) is 5.26 Å². The first-order valence-electron chi connectivity index (χ1n) is 6.73. The first kappa shape index (κ1) is 16.4. The second kappa shape index (κ2) is 6.65. The van der Waals surface area contributed by atoms with Crippen LogP contribution in [-0.2, 0) is 6.18 Å². The van der Waals surface area contributed by atoms with Gasteiger partial charge in [-0.05, 0) is 38.5 Å². The topological polar surface area (TPSA) is 27.0 Å². The van der Waals surface area contributed by atoms with Crippen LogP contribution in [-0.4, -0.2) is 12.6 Å². The van der Waals surface area contributed by atoms with Crippen LogP contribution in [0.1, 0.15) is 44.7 Å². The molecule has 1 atom stereocenters. The van der Waals surface area contributed by atoms with Crippen LogP contribution in [0.25, 0.3) is 0 Å². The molecule has 0 spiro atoms. The average molecular weight is 284 g/mol. The van der Waals surface area contributed by atoms with Crippen molar-refractivity contribution < 1.29 is 13.2 Å². The fourth-order valence-corrected chi connectivity index (χ4v) is 2.37. The van der Waals surface area contributed by atoms with Gasteiger partial charge in [0.2, 0.25) is 0 Å². The molecule has 0 N–H and O–H groups in total. The number of rotatable bonds is 5. The fraction of sp³-hybridized carbons (Fsp3) is 0.533. The highest BCUT2D eigenvalue weighted by molar-refractivity contribution is 5.55.